The Labute approximate surface area is 123 Å². The van der Waals surface area contributed by atoms with E-state index >= 15 is 0 Å². The zero-order chi connectivity index (χ0) is 15.3. The molecule has 4 nitrogen and oxygen atoms in total. The number of hydrogen-bond donors (Lipinski definition) is 1. The molecule has 1 aromatic rings. The second kappa shape index (κ2) is 6.92. The number of anilines is 1. The van der Waals surface area contributed by atoms with Crippen LogP contribution >= 0.6 is 15.9 Å². The van der Waals surface area contributed by atoms with Gasteiger partial charge in [-0.25, -0.2) is 9.98 Å². The van der Waals surface area contributed by atoms with Crippen molar-refractivity contribution in [3.05, 3.63) is 16.9 Å². The third kappa shape index (κ3) is 4.99. The number of ether oxygens (including phenoxy) is 1. The van der Waals surface area contributed by atoms with Gasteiger partial charge in [0.1, 0.15) is 16.3 Å². The minimum atomic E-state index is -4.34. The molecule has 0 aliphatic carbocycles. The summed E-state index contributed by atoms with van der Waals surface area (Å²) in [6.45, 7) is 4.89. The molecule has 0 aromatic carbocycles. The third-order valence-corrected chi connectivity index (χ3v) is 2.78. The molecule has 1 N–H and O–H groups in total. The van der Waals surface area contributed by atoms with Crippen LogP contribution in [0.3, 0.4) is 0 Å². The fourth-order valence-corrected chi connectivity index (χ4v) is 1.68. The van der Waals surface area contributed by atoms with E-state index in [-0.39, 0.29) is 11.4 Å². The van der Waals surface area contributed by atoms with Crippen molar-refractivity contribution in [1.29, 1.82) is 0 Å². The SMILES string of the molecule is CCOC(C)=Nc1cnc(Br)cc1NC(C)C(F)(F)F. The van der Waals surface area contributed by atoms with E-state index in [1.165, 1.54) is 12.3 Å². The Morgan fingerprint density at radius 1 is 1.55 bits per heavy atom. The van der Waals surface area contributed by atoms with Crippen LogP contribution in [0.15, 0.2) is 21.9 Å². The summed E-state index contributed by atoms with van der Waals surface area (Å²) in [6.07, 6.45) is -2.97. The molecule has 0 fully saturated rings. The van der Waals surface area contributed by atoms with Crippen molar-refractivity contribution < 1.29 is 17.9 Å². The fourth-order valence-electron chi connectivity index (χ4n) is 1.35. The van der Waals surface area contributed by atoms with Gasteiger partial charge < -0.3 is 10.1 Å². The quantitative estimate of drug-likeness (QED) is 0.498. The van der Waals surface area contributed by atoms with E-state index in [1.54, 1.807) is 13.8 Å². The molecule has 0 bridgehead atoms. The third-order valence-electron chi connectivity index (χ3n) is 2.34. The maximum atomic E-state index is 12.6. The molecule has 1 aromatic heterocycles. The van der Waals surface area contributed by atoms with Crippen LogP contribution in [0.1, 0.15) is 20.8 Å². The minimum absolute atomic E-state index is 0.232. The molecule has 1 rings (SSSR count). The summed E-state index contributed by atoms with van der Waals surface area (Å²) in [4.78, 5) is 8.06. The lowest BCUT2D eigenvalue weighted by Crippen LogP contribution is -2.33. The standard InChI is InChI=1S/C12H15BrF3N3O/c1-4-20-8(3)19-10-6-17-11(13)5-9(10)18-7(2)12(14,15)16/h5-7H,4H2,1-3H3,(H,17,18). The van der Waals surface area contributed by atoms with Crippen molar-refractivity contribution in [2.75, 3.05) is 11.9 Å². The zero-order valence-corrected chi connectivity index (χ0v) is 12.8. The van der Waals surface area contributed by atoms with E-state index in [9.17, 15) is 13.2 Å². The molecule has 112 valence electrons. The largest absolute Gasteiger partial charge is 0.481 e. The first-order valence-electron chi connectivity index (χ1n) is 5.91. The monoisotopic (exact) mass is 353 g/mol. The molecule has 0 radical (unpaired) electrons. The van der Waals surface area contributed by atoms with E-state index in [1.807, 2.05) is 0 Å². The molecule has 1 atom stereocenters. The Hall–Kier alpha value is -1.31. The van der Waals surface area contributed by atoms with Gasteiger partial charge in [-0.3, -0.25) is 0 Å². The molecule has 0 spiro atoms. The van der Waals surface area contributed by atoms with Crippen molar-refractivity contribution in [2.45, 2.75) is 33.0 Å². The van der Waals surface area contributed by atoms with Crippen molar-refractivity contribution >= 4 is 33.2 Å². The molecule has 1 heterocycles. The molecule has 1 unspecified atom stereocenters. The van der Waals surface area contributed by atoms with E-state index in [0.717, 1.165) is 6.92 Å². The van der Waals surface area contributed by atoms with Gasteiger partial charge in [-0.2, -0.15) is 13.2 Å². The molecule has 20 heavy (non-hydrogen) atoms. The first kappa shape index (κ1) is 16.7. The molecule has 0 aliphatic heterocycles. The Morgan fingerprint density at radius 3 is 2.75 bits per heavy atom. The summed E-state index contributed by atoms with van der Waals surface area (Å²) in [5.74, 6) is 0.360. The Bertz CT molecular complexity index is 491. The van der Waals surface area contributed by atoms with Crippen LogP contribution in [0, 0.1) is 0 Å². The van der Waals surface area contributed by atoms with Crippen LogP contribution in [-0.2, 0) is 4.74 Å². The second-order valence-electron chi connectivity index (χ2n) is 4.00. The van der Waals surface area contributed by atoms with Gasteiger partial charge in [-0.15, -0.1) is 0 Å². The molecular weight excluding hydrogens is 339 g/mol. The average Bonchev–Trinajstić information content (AvgIpc) is 2.31. The summed E-state index contributed by atoms with van der Waals surface area (Å²) in [7, 11) is 0. The van der Waals surface area contributed by atoms with Gasteiger partial charge in [0.2, 0.25) is 0 Å². The summed E-state index contributed by atoms with van der Waals surface area (Å²) in [6, 6.07) is -0.251. The minimum Gasteiger partial charge on any atom is -0.481 e. The smallest absolute Gasteiger partial charge is 0.408 e. The molecular formula is C12H15BrF3N3O. The number of pyridine rings is 1. The van der Waals surface area contributed by atoms with E-state index < -0.39 is 12.2 Å². The van der Waals surface area contributed by atoms with Crippen molar-refractivity contribution in [3.8, 4) is 0 Å². The van der Waals surface area contributed by atoms with E-state index in [2.05, 4.69) is 31.2 Å². The van der Waals surface area contributed by atoms with Crippen LogP contribution in [0.5, 0.6) is 0 Å². The highest BCUT2D eigenvalue weighted by molar-refractivity contribution is 9.10. The summed E-state index contributed by atoms with van der Waals surface area (Å²) >= 11 is 3.12. The number of aliphatic imine (C=N–C) groups is 1. The van der Waals surface area contributed by atoms with Crippen LogP contribution in [0.4, 0.5) is 24.5 Å². The number of aromatic nitrogens is 1. The van der Waals surface area contributed by atoms with Gasteiger partial charge in [-0.1, -0.05) is 0 Å². The van der Waals surface area contributed by atoms with Gasteiger partial charge in [0.05, 0.1) is 18.5 Å². The highest BCUT2D eigenvalue weighted by atomic mass is 79.9. The number of hydrogen-bond acceptors (Lipinski definition) is 4. The lowest BCUT2D eigenvalue weighted by Gasteiger charge is -2.19. The summed E-state index contributed by atoms with van der Waals surface area (Å²) in [5.41, 5.74) is 0.519. The highest BCUT2D eigenvalue weighted by Crippen LogP contribution is 2.30. The fraction of sp³-hybridized carbons (Fsp3) is 0.500. The molecule has 0 aliphatic rings. The maximum Gasteiger partial charge on any atom is 0.408 e. The summed E-state index contributed by atoms with van der Waals surface area (Å²) < 4.78 is 43.4. The van der Waals surface area contributed by atoms with Crippen LogP contribution in [0.2, 0.25) is 0 Å². The van der Waals surface area contributed by atoms with Gasteiger partial charge >= 0.3 is 6.18 Å². The normalized spacial score (nSPS) is 14.1. The lowest BCUT2D eigenvalue weighted by atomic mass is 10.2. The molecule has 8 heteroatoms. The number of alkyl halides is 3. The predicted octanol–water partition coefficient (Wildman–Crippen LogP) is 4.29. The zero-order valence-electron chi connectivity index (χ0n) is 11.3. The van der Waals surface area contributed by atoms with Gasteiger partial charge in [0, 0.05) is 6.92 Å². The van der Waals surface area contributed by atoms with Crippen molar-refractivity contribution in [1.82, 2.24) is 4.98 Å². The van der Waals surface area contributed by atoms with Crippen LogP contribution in [-0.4, -0.2) is 29.7 Å². The number of halogens is 4. The molecule has 0 saturated carbocycles. The van der Waals surface area contributed by atoms with Crippen molar-refractivity contribution in [2.24, 2.45) is 4.99 Å². The second-order valence-corrected chi connectivity index (χ2v) is 4.81. The van der Waals surface area contributed by atoms with Gasteiger partial charge in [0.15, 0.2) is 5.90 Å². The highest BCUT2D eigenvalue weighted by Gasteiger charge is 2.36. The van der Waals surface area contributed by atoms with Crippen LogP contribution in [0.25, 0.3) is 0 Å². The predicted molar refractivity (Wildman–Crippen MR) is 75.5 cm³/mol. The Balaban J connectivity index is 3.05. The van der Waals surface area contributed by atoms with Gasteiger partial charge in [0.25, 0.3) is 0 Å². The maximum absolute atomic E-state index is 12.6. The molecule has 0 amide bonds. The number of nitrogens with zero attached hydrogens (tertiary/aromatic N) is 2. The average molecular weight is 354 g/mol. The van der Waals surface area contributed by atoms with Crippen LogP contribution < -0.4 is 5.32 Å². The van der Waals surface area contributed by atoms with Gasteiger partial charge in [-0.05, 0) is 35.8 Å². The topological polar surface area (TPSA) is 46.5 Å². The van der Waals surface area contributed by atoms with Crippen molar-refractivity contribution in [3.63, 3.8) is 0 Å². The first-order chi connectivity index (χ1) is 9.24. The summed E-state index contributed by atoms with van der Waals surface area (Å²) in [5, 5.41) is 2.38. The first-order valence-corrected chi connectivity index (χ1v) is 6.70. The lowest BCUT2D eigenvalue weighted by molar-refractivity contribution is -0.138. The van der Waals surface area contributed by atoms with E-state index in [4.69, 9.17) is 4.74 Å². The number of rotatable bonds is 4. The van der Waals surface area contributed by atoms with E-state index in [0.29, 0.717) is 17.1 Å². The molecule has 0 saturated heterocycles. The number of nitrogens with one attached hydrogen (secondary N) is 1. The Kier molecular flexibility index (Phi) is 5.79. The Morgan fingerprint density at radius 2 is 2.20 bits per heavy atom.